The van der Waals surface area contributed by atoms with Crippen molar-refractivity contribution in [3.05, 3.63) is 63.1 Å². The summed E-state index contributed by atoms with van der Waals surface area (Å²) in [7, 11) is 0. The van der Waals surface area contributed by atoms with Crippen molar-refractivity contribution in [3.8, 4) is 11.8 Å². The molecule has 0 heterocycles. The lowest BCUT2D eigenvalue weighted by Crippen LogP contribution is -1.96. The zero-order chi connectivity index (χ0) is 13.0. The third-order valence-corrected chi connectivity index (χ3v) is 3.20. The number of hydrogen-bond donors (Lipinski definition) is 0. The van der Waals surface area contributed by atoms with E-state index in [1.54, 1.807) is 24.3 Å². The van der Waals surface area contributed by atoms with E-state index in [1.807, 2.05) is 18.2 Å². The van der Waals surface area contributed by atoms with Crippen LogP contribution in [0.15, 0.2) is 46.9 Å². The number of halogens is 2. The molecule has 18 heavy (non-hydrogen) atoms. The molecule has 0 radical (unpaired) electrons. The van der Waals surface area contributed by atoms with Crippen LogP contribution in [0.5, 0.6) is 5.75 Å². The molecule has 2 aromatic carbocycles. The molecule has 0 atom stereocenters. The molecular weight excluding hydrogens is 314 g/mol. The number of benzene rings is 2. The van der Waals surface area contributed by atoms with Crippen molar-refractivity contribution >= 4 is 27.5 Å². The molecule has 90 valence electrons. The van der Waals surface area contributed by atoms with E-state index in [4.69, 9.17) is 21.6 Å². The average molecular weight is 323 g/mol. The molecule has 0 N–H and O–H groups in total. The van der Waals surface area contributed by atoms with Crippen LogP contribution in [-0.4, -0.2) is 0 Å². The Balaban J connectivity index is 2.09. The minimum Gasteiger partial charge on any atom is -0.488 e. The van der Waals surface area contributed by atoms with Gasteiger partial charge < -0.3 is 4.74 Å². The van der Waals surface area contributed by atoms with E-state index in [0.717, 1.165) is 15.8 Å². The molecule has 4 heteroatoms. The van der Waals surface area contributed by atoms with Gasteiger partial charge in [0.2, 0.25) is 0 Å². The number of hydrogen-bond acceptors (Lipinski definition) is 2. The van der Waals surface area contributed by atoms with Crippen molar-refractivity contribution < 1.29 is 4.74 Å². The number of nitrogens with zero attached hydrogens (tertiary/aromatic N) is 1. The van der Waals surface area contributed by atoms with Gasteiger partial charge in [0.1, 0.15) is 12.4 Å². The summed E-state index contributed by atoms with van der Waals surface area (Å²) in [5, 5.41) is 9.46. The highest BCUT2D eigenvalue weighted by Gasteiger charge is 2.02. The monoisotopic (exact) mass is 321 g/mol. The highest BCUT2D eigenvalue weighted by atomic mass is 79.9. The van der Waals surface area contributed by atoms with Crippen LogP contribution in [0, 0.1) is 11.3 Å². The Morgan fingerprint density at radius 3 is 2.78 bits per heavy atom. The SMILES string of the molecule is N#Cc1cccc(COc2ccc(Cl)cc2Br)c1. The first-order valence-electron chi connectivity index (χ1n) is 5.26. The topological polar surface area (TPSA) is 33.0 Å². The molecule has 2 rings (SSSR count). The quantitative estimate of drug-likeness (QED) is 0.830. The molecule has 0 aliphatic rings. The maximum absolute atomic E-state index is 8.81. The first-order chi connectivity index (χ1) is 8.69. The largest absolute Gasteiger partial charge is 0.488 e. The molecule has 2 aromatic rings. The van der Waals surface area contributed by atoms with Crippen molar-refractivity contribution in [1.29, 1.82) is 5.26 Å². The molecule has 0 bridgehead atoms. The predicted molar refractivity (Wildman–Crippen MR) is 74.6 cm³/mol. The zero-order valence-corrected chi connectivity index (χ0v) is 11.7. The first kappa shape index (κ1) is 12.9. The van der Waals surface area contributed by atoms with Gasteiger partial charge in [-0.05, 0) is 51.8 Å². The maximum atomic E-state index is 8.81. The fourth-order valence-corrected chi connectivity index (χ4v) is 2.28. The van der Waals surface area contributed by atoms with Gasteiger partial charge in [0.25, 0.3) is 0 Å². The highest BCUT2D eigenvalue weighted by Crippen LogP contribution is 2.28. The van der Waals surface area contributed by atoms with Gasteiger partial charge in [-0.2, -0.15) is 5.26 Å². The third kappa shape index (κ3) is 3.25. The molecular formula is C14H9BrClNO. The van der Waals surface area contributed by atoms with Crippen molar-refractivity contribution in [2.24, 2.45) is 0 Å². The first-order valence-corrected chi connectivity index (χ1v) is 6.43. The van der Waals surface area contributed by atoms with Crippen molar-refractivity contribution in [3.63, 3.8) is 0 Å². The number of rotatable bonds is 3. The molecule has 0 unspecified atom stereocenters. The molecule has 0 amide bonds. The minimum atomic E-state index is 0.412. The van der Waals surface area contributed by atoms with Gasteiger partial charge in [-0.3, -0.25) is 0 Å². The van der Waals surface area contributed by atoms with Crippen molar-refractivity contribution in [2.45, 2.75) is 6.61 Å². The fraction of sp³-hybridized carbons (Fsp3) is 0.0714. The van der Waals surface area contributed by atoms with Crippen LogP contribution in [0.4, 0.5) is 0 Å². The molecule has 0 saturated carbocycles. The molecule has 0 fully saturated rings. The molecule has 0 aromatic heterocycles. The van der Waals surface area contributed by atoms with Gasteiger partial charge in [0, 0.05) is 5.02 Å². The fourth-order valence-electron chi connectivity index (χ4n) is 1.48. The Kier molecular flexibility index (Phi) is 4.24. The number of ether oxygens (including phenoxy) is 1. The van der Waals surface area contributed by atoms with Crippen LogP contribution < -0.4 is 4.74 Å². The van der Waals surface area contributed by atoms with E-state index in [1.165, 1.54) is 0 Å². The van der Waals surface area contributed by atoms with Gasteiger partial charge in [0.05, 0.1) is 16.1 Å². The summed E-state index contributed by atoms with van der Waals surface area (Å²) in [5.41, 5.74) is 1.59. The van der Waals surface area contributed by atoms with E-state index in [-0.39, 0.29) is 0 Å². The second-order valence-corrected chi connectivity index (χ2v) is 4.97. The van der Waals surface area contributed by atoms with Crippen LogP contribution in [0.25, 0.3) is 0 Å². The summed E-state index contributed by atoms with van der Waals surface area (Å²) in [6, 6.07) is 14.8. The Hall–Kier alpha value is -1.50. The Labute approximate surface area is 119 Å². The van der Waals surface area contributed by atoms with Crippen LogP contribution in [0.3, 0.4) is 0 Å². The van der Waals surface area contributed by atoms with Crippen LogP contribution in [0.1, 0.15) is 11.1 Å². The van der Waals surface area contributed by atoms with E-state index in [9.17, 15) is 0 Å². The van der Waals surface area contributed by atoms with Gasteiger partial charge in [-0.15, -0.1) is 0 Å². The summed E-state index contributed by atoms with van der Waals surface area (Å²) in [5.74, 6) is 0.724. The van der Waals surface area contributed by atoms with E-state index >= 15 is 0 Å². The second-order valence-electron chi connectivity index (χ2n) is 3.68. The Bertz CT molecular complexity index is 607. The van der Waals surface area contributed by atoms with Gasteiger partial charge in [0.15, 0.2) is 0 Å². The minimum absolute atomic E-state index is 0.412. The maximum Gasteiger partial charge on any atom is 0.134 e. The summed E-state index contributed by atoms with van der Waals surface area (Å²) in [4.78, 5) is 0. The zero-order valence-electron chi connectivity index (χ0n) is 9.36. The van der Waals surface area contributed by atoms with Crippen molar-refractivity contribution in [1.82, 2.24) is 0 Å². The van der Waals surface area contributed by atoms with Crippen LogP contribution in [-0.2, 0) is 6.61 Å². The predicted octanol–water partition coefficient (Wildman–Crippen LogP) is 4.55. The summed E-state index contributed by atoms with van der Waals surface area (Å²) < 4.78 is 6.47. The van der Waals surface area contributed by atoms with Gasteiger partial charge in [-0.1, -0.05) is 23.7 Å². The summed E-state index contributed by atoms with van der Waals surface area (Å²) >= 11 is 9.24. The standard InChI is InChI=1S/C14H9BrClNO/c15-13-7-12(16)4-5-14(13)18-9-11-3-1-2-10(6-11)8-17/h1-7H,9H2. The van der Waals surface area contributed by atoms with E-state index in [2.05, 4.69) is 22.0 Å². The Morgan fingerprint density at radius 2 is 2.06 bits per heavy atom. The van der Waals surface area contributed by atoms with Crippen LogP contribution >= 0.6 is 27.5 Å². The van der Waals surface area contributed by atoms with Crippen molar-refractivity contribution in [2.75, 3.05) is 0 Å². The summed E-state index contributed by atoms with van der Waals surface area (Å²) in [6.07, 6.45) is 0. The van der Waals surface area contributed by atoms with Crippen LogP contribution in [0.2, 0.25) is 5.02 Å². The normalized spacial score (nSPS) is 9.83. The lowest BCUT2D eigenvalue weighted by molar-refractivity contribution is 0.304. The molecule has 0 aliphatic carbocycles. The smallest absolute Gasteiger partial charge is 0.134 e. The van der Waals surface area contributed by atoms with Gasteiger partial charge >= 0.3 is 0 Å². The van der Waals surface area contributed by atoms with E-state index < -0.39 is 0 Å². The highest BCUT2D eigenvalue weighted by molar-refractivity contribution is 9.10. The lowest BCUT2D eigenvalue weighted by atomic mass is 10.1. The van der Waals surface area contributed by atoms with Gasteiger partial charge in [-0.25, -0.2) is 0 Å². The van der Waals surface area contributed by atoms with E-state index in [0.29, 0.717) is 17.2 Å². The molecule has 0 saturated heterocycles. The average Bonchev–Trinajstić information content (AvgIpc) is 2.38. The molecule has 0 spiro atoms. The molecule has 2 nitrogen and oxygen atoms in total. The Morgan fingerprint density at radius 1 is 1.22 bits per heavy atom. The third-order valence-electron chi connectivity index (χ3n) is 2.34. The molecule has 0 aliphatic heterocycles. The number of nitriles is 1. The second kappa shape index (κ2) is 5.90. The lowest BCUT2D eigenvalue weighted by Gasteiger charge is -2.08. The summed E-state index contributed by atoms with van der Waals surface area (Å²) in [6.45, 7) is 0.412.